The molecule has 1 aromatic carbocycles. The van der Waals surface area contributed by atoms with Crippen LogP contribution < -0.4 is 10.0 Å². The molecule has 0 bridgehead atoms. The standard InChI is InChI=1S/C17H21N3O4S/c1-17(2)13-8-12(5-6-14(13)18-16(17)22)25(23,24)19-10-7-15(21)20(9-10)11-3-4-11/h5-6,8,10-11,19H,3-4,7,9H2,1-2H3,(H,18,22). The van der Waals surface area contributed by atoms with Crippen molar-refractivity contribution < 1.29 is 18.0 Å². The topological polar surface area (TPSA) is 95.6 Å². The van der Waals surface area contributed by atoms with Crippen LogP contribution in [0.2, 0.25) is 0 Å². The minimum Gasteiger partial charge on any atom is -0.338 e. The maximum absolute atomic E-state index is 12.7. The van der Waals surface area contributed by atoms with E-state index >= 15 is 0 Å². The highest BCUT2D eigenvalue weighted by atomic mass is 32.2. The number of fused-ring (bicyclic) bond motifs is 1. The number of carbonyl (C=O) groups excluding carboxylic acids is 2. The second-order valence-electron chi connectivity index (χ2n) is 7.59. The molecule has 0 aromatic heterocycles. The number of anilines is 1. The van der Waals surface area contributed by atoms with Crippen molar-refractivity contribution >= 4 is 27.5 Å². The fourth-order valence-corrected chi connectivity index (χ4v) is 4.81. The summed E-state index contributed by atoms with van der Waals surface area (Å²) in [6.45, 7) is 3.96. The van der Waals surface area contributed by atoms with Gasteiger partial charge < -0.3 is 10.2 Å². The number of benzene rings is 1. The van der Waals surface area contributed by atoms with Crippen molar-refractivity contribution in [3.8, 4) is 0 Å². The van der Waals surface area contributed by atoms with Crippen molar-refractivity contribution in [1.82, 2.24) is 9.62 Å². The average Bonchev–Trinajstić information content (AvgIpc) is 3.26. The van der Waals surface area contributed by atoms with E-state index in [1.165, 1.54) is 6.07 Å². The average molecular weight is 363 g/mol. The van der Waals surface area contributed by atoms with Gasteiger partial charge in [0.15, 0.2) is 0 Å². The maximum atomic E-state index is 12.7. The predicted octanol–water partition coefficient (Wildman–Crippen LogP) is 0.958. The molecule has 4 rings (SSSR count). The van der Waals surface area contributed by atoms with Crippen molar-refractivity contribution in [2.75, 3.05) is 11.9 Å². The summed E-state index contributed by atoms with van der Waals surface area (Å²) in [5.41, 5.74) is 0.542. The fraction of sp³-hybridized carbons (Fsp3) is 0.529. The summed E-state index contributed by atoms with van der Waals surface area (Å²) < 4.78 is 28.1. The number of likely N-dealkylation sites (tertiary alicyclic amines) is 1. The van der Waals surface area contributed by atoms with Gasteiger partial charge in [0.05, 0.1) is 10.3 Å². The van der Waals surface area contributed by atoms with E-state index < -0.39 is 21.5 Å². The van der Waals surface area contributed by atoms with Crippen molar-refractivity contribution in [1.29, 1.82) is 0 Å². The fourth-order valence-electron chi connectivity index (χ4n) is 3.55. The van der Waals surface area contributed by atoms with Crippen LogP contribution >= 0.6 is 0 Å². The molecule has 0 spiro atoms. The molecule has 0 radical (unpaired) electrons. The molecular weight excluding hydrogens is 342 g/mol. The summed E-state index contributed by atoms with van der Waals surface area (Å²) in [7, 11) is -3.75. The lowest BCUT2D eigenvalue weighted by atomic mass is 9.86. The monoisotopic (exact) mass is 363 g/mol. The minimum atomic E-state index is -3.75. The second kappa shape index (κ2) is 5.28. The molecule has 1 saturated carbocycles. The van der Waals surface area contributed by atoms with Crippen molar-refractivity contribution in [3.05, 3.63) is 23.8 Å². The van der Waals surface area contributed by atoms with E-state index in [2.05, 4.69) is 10.0 Å². The van der Waals surface area contributed by atoms with Crippen LogP contribution in [-0.2, 0) is 25.0 Å². The Kier molecular flexibility index (Phi) is 3.49. The molecule has 1 aliphatic carbocycles. The molecule has 2 aliphatic heterocycles. The van der Waals surface area contributed by atoms with E-state index in [0.29, 0.717) is 23.8 Å². The lowest BCUT2D eigenvalue weighted by Crippen LogP contribution is -2.37. The normalized spacial score (nSPS) is 25.2. The van der Waals surface area contributed by atoms with E-state index in [1.54, 1.807) is 30.9 Å². The molecule has 1 unspecified atom stereocenters. The Morgan fingerprint density at radius 1 is 1.24 bits per heavy atom. The summed E-state index contributed by atoms with van der Waals surface area (Å²) in [5.74, 6) is -0.133. The molecule has 134 valence electrons. The number of nitrogens with zero attached hydrogens (tertiary/aromatic N) is 1. The number of nitrogens with one attached hydrogen (secondary N) is 2. The van der Waals surface area contributed by atoms with Crippen LogP contribution in [0.5, 0.6) is 0 Å². The van der Waals surface area contributed by atoms with Crippen LogP contribution in [0.15, 0.2) is 23.1 Å². The Hall–Kier alpha value is -1.93. The van der Waals surface area contributed by atoms with Crippen LogP contribution in [-0.4, -0.2) is 43.8 Å². The third-order valence-corrected chi connectivity index (χ3v) is 6.78. The summed E-state index contributed by atoms with van der Waals surface area (Å²) in [4.78, 5) is 25.9. The van der Waals surface area contributed by atoms with Gasteiger partial charge in [-0.15, -0.1) is 0 Å². The largest absolute Gasteiger partial charge is 0.338 e. The minimum absolute atomic E-state index is 0.0140. The highest BCUT2D eigenvalue weighted by molar-refractivity contribution is 7.89. The smallest absolute Gasteiger partial charge is 0.240 e. The number of carbonyl (C=O) groups is 2. The molecule has 8 heteroatoms. The third kappa shape index (κ3) is 2.73. The van der Waals surface area contributed by atoms with Gasteiger partial charge in [-0.25, -0.2) is 13.1 Å². The van der Waals surface area contributed by atoms with Crippen molar-refractivity contribution in [3.63, 3.8) is 0 Å². The Bertz CT molecular complexity index is 874. The third-order valence-electron chi connectivity index (χ3n) is 5.26. The van der Waals surface area contributed by atoms with E-state index in [0.717, 1.165) is 12.8 Å². The highest BCUT2D eigenvalue weighted by Crippen LogP contribution is 2.38. The summed E-state index contributed by atoms with van der Waals surface area (Å²) in [5, 5.41) is 2.76. The number of hydrogen-bond donors (Lipinski definition) is 2. The maximum Gasteiger partial charge on any atom is 0.240 e. The number of rotatable bonds is 4. The van der Waals surface area contributed by atoms with Gasteiger partial charge in [-0.05, 0) is 50.5 Å². The SMILES string of the molecule is CC1(C)C(=O)Nc2ccc(S(=O)(=O)NC3CC(=O)N(C4CC4)C3)cc21. The Morgan fingerprint density at radius 3 is 2.64 bits per heavy atom. The summed E-state index contributed by atoms with van der Waals surface area (Å²) in [6, 6.07) is 4.54. The molecule has 2 fully saturated rings. The van der Waals surface area contributed by atoms with Gasteiger partial charge in [-0.3, -0.25) is 9.59 Å². The Labute approximate surface area is 146 Å². The van der Waals surface area contributed by atoms with Gasteiger partial charge in [0.25, 0.3) is 0 Å². The first-order chi connectivity index (χ1) is 11.7. The van der Waals surface area contributed by atoms with Gasteiger partial charge in [0.2, 0.25) is 21.8 Å². The zero-order valence-electron chi connectivity index (χ0n) is 14.2. The van der Waals surface area contributed by atoms with Crippen molar-refractivity contribution in [2.45, 2.75) is 55.5 Å². The molecular formula is C17H21N3O4S. The zero-order chi connectivity index (χ0) is 18.0. The first-order valence-corrected chi connectivity index (χ1v) is 9.94. The van der Waals surface area contributed by atoms with Gasteiger partial charge >= 0.3 is 0 Å². The Morgan fingerprint density at radius 2 is 1.96 bits per heavy atom. The van der Waals surface area contributed by atoms with E-state index in [4.69, 9.17) is 0 Å². The van der Waals surface area contributed by atoms with Gasteiger partial charge in [-0.2, -0.15) is 0 Å². The van der Waals surface area contributed by atoms with Gasteiger partial charge in [0, 0.05) is 30.7 Å². The summed E-state index contributed by atoms with van der Waals surface area (Å²) in [6.07, 6.45) is 2.21. The predicted molar refractivity (Wildman–Crippen MR) is 91.6 cm³/mol. The number of sulfonamides is 1. The molecule has 2 amide bonds. The number of hydrogen-bond acceptors (Lipinski definition) is 4. The van der Waals surface area contributed by atoms with Crippen LogP contribution in [0.4, 0.5) is 5.69 Å². The first-order valence-electron chi connectivity index (χ1n) is 8.46. The molecule has 3 aliphatic rings. The summed E-state index contributed by atoms with van der Waals surface area (Å²) >= 11 is 0. The molecule has 1 aromatic rings. The number of amides is 2. The molecule has 1 saturated heterocycles. The molecule has 2 N–H and O–H groups in total. The van der Waals surface area contributed by atoms with E-state index in [1.807, 2.05) is 0 Å². The highest BCUT2D eigenvalue weighted by Gasteiger charge is 2.42. The lowest BCUT2D eigenvalue weighted by molar-refractivity contribution is -0.128. The van der Waals surface area contributed by atoms with Gasteiger partial charge in [-0.1, -0.05) is 0 Å². The second-order valence-corrected chi connectivity index (χ2v) is 9.30. The first kappa shape index (κ1) is 16.5. The van der Waals surface area contributed by atoms with Crippen LogP contribution in [0, 0.1) is 0 Å². The van der Waals surface area contributed by atoms with E-state index in [-0.39, 0.29) is 23.1 Å². The van der Waals surface area contributed by atoms with Crippen LogP contribution in [0.25, 0.3) is 0 Å². The lowest BCUT2D eigenvalue weighted by Gasteiger charge is -2.18. The van der Waals surface area contributed by atoms with Crippen LogP contribution in [0.1, 0.15) is 38.7 Å². The molecule has 7 nitrogen and oxygen atoms in total. The molecule has 1 atom stereocenters. The quantitative estimate of drug-likeness (QED) is 0.833. The van der Waals surface area contributed by atoms with Crippen LogP contribution in [0.3, 0.4) is 0 Å². The molecule has 2 heterocycles. The van der Waals surface area contributed by atoms with Crippen molar-refractivity contribution in [2.24, 2.45) is 0 Å². The zero-order valence-corrected chi connectivity index (χ0v) is 15.0. The van der Waals surface area contributed by atoms with Gasteiger partial charge in [0.1, 0.15) is 0 Å². The molecule has 25 heavy (non-hydrogen) atoms. The Balaban J connectivity index is 1.56. The van der Waals surface area contributed by atoms with E-state index in [9.17, 15) is 18.0 Å².